The molecular weight excluding hydrogens is 622 g/mol. The average molecular weight is 670 g/mol. The molecule has 5 saturated heterocycles. The lowest BCUT2D eigenvalue weighted by Crippen LogP contribution is -2.52. The number of nitrogens with one attached hydrogen (secondary N) is 1. The first-order chi connectivity index (χ1) is 24.0. The molecule has 7 heterocycles. The van der Waals surface area contributed by atoms with Crippen LogP contribution in [0.15, 0.2) is 36.4 Å². The van der Waals surface area contributed by atoms with Gasteiger partial charge in [-0.2, -0.15) is 9.97 Å². The topological polar surface area (TPSA) is 116 Å². The number of fused-ring (bicyclic) bond motifs is 5. The number of aromatic hydroxyl groups is 1. The molecule has 4 atom stereocenters. The van der Waals surface area contributed by atoms with E-state index in [1.807, 2.05) is 18.2 Å². The summed E-state index contributed by atoms with van der Waals surface area (Å²) in [6, 6.07) is 13.6. The van der Waals surface area contributed by atoms with Crippen molar-refractivity contribution in [3.63, 3.8) is 0 Å². The van der Waals surface area contributed by atoms with Crippen molar-refractivity contribution in [2.45, 2.75) is 75.2 Å². The molecule has 9 rings (SSSR count). The molecule has 260 valence electrons. The highest BCUT2D eigenvalue weighted by molar-refractivity contribution is 5.95. The van der Waals surface area contributed by atoms with Crippen molar-refractivity contribution in [2.75, 3.05) is 75.5 Å². The highest BCUT2D eigenvalue weighted by atomic mass is 16.6. The Bertz CT molecular complexity index is 1710. The Labute approximate surface area is 287 Å². The first-order valence-corrected chi connectivity index (χ1v) is 18.3. The third-order valence-corrected chi connectivity index (χ3v) is 11.9. The standard InChI is InChI=1S/C37H47N7O5/c45-29-18-25-4-1-2-5-30(25)33(19-29)42-13-9-31-32(22-42)39-35(40-34(31)43-20-26-6-7-27(21-43)38-26)49-24-37-10-3-12-44(37)28(8-11-37)23-48-36(46)41-14-16-47-17-15-41/h1-2,4-5,18-19,26-28,38,45H,3,6-17,20-24H2. The number of phenolic OH excluding ortho intramolecular Hbond substituents is 1. The lowest BCUT2D eigenvalue weighted by molar-refractivity contribution is 0.0138. The Kier molecular flexibility index (Phi) is 8.12. The van der Waals surface area contributed by atoms with E-state index in [0.717, 1.165) is 86.3 Å². The minimum Gasteiger partial charge on any atom is -0.508 e. The number of morpholine rings is 1. The highest BCUT2D eigenvalue weighted by Gasteiger charge is 2.50. The number of carbonyl (C=O) groups excluding carboxylic acids is 1. The van der Waals surface area contributed by atoms with Crippen LogP contribution in [0, 0.1) is 0 Å². The van der Waals surface area contributed by atoms with E-state index in [1.54, 1.807) is 4.90 Å². The van der Waals surface area contributed by atoms with Gasteiger partial charge in [-0.15, -0.1) is 0 Å². The Balaban J connectivity index is 0.960. The van der Waals surface area contributed by atoms with Gasteiger partial charge in [0, 0.05) is 73.6 Å². The van der Waals surface area contributed by atoms with E-state index in [9.17, 15) is 9.90 Å². The third kappa shape index (κ3) is 5.91. The minimum atomic E-state index is -0.236. The normalized spacial score (nSPS) is 28.2. The molecule has 2 aromatic carbocycles. The highest BCUT2D eigenvalue weighted by Crippen LogP contribution is 2.43. The van der Waals surface area contributed by atoms with Gasteiger partial charge >= 0.3 is 12.1 Å². The van der Waals surface area contributed by atoms with Crippen LogP contribution in [-0.2, 0) is 22.4 Å². The van der Waals surface area contributed by atoms with Gasteiger partial charge in [-0.05, 0) is 62.9 Å². The monoisotopic (exact) mass is 669 g/mol. The summed E-state index contributed by atoms with van der Waals surface area (Å²) in [4.78, 5) is 32.1. The number of nitrogens with zero attached hydrogens (tertiary/aromatic N) is 6. The molecule has 2 bridgehead atoms. The lowest BCUT2D eigenvalue weighted by atomic mass is 9.95. The maximum absolute atomic E-state index is 12.7. The predicted octanol–water partition coefficient (Wildman–Crippen LogP) is 3.68. The van der Waals surface area contributed by atoms with E-state index in [-0.39, 0.29) is 23.4 Å². The molecule has 2 N–H and O–H groups in total. The molecule has 6 aliphatic rings. The van der Waals surface area contributed by atoms with Gasteiger partial charge in [-0.25, -0.2) is 4.79 Å². The minimum absolute atomic E-state index is 0.101. The van der Waals surface area contributed by atoms with Crippen molar-refractivity contribution in [3.05, 3.63) is 47.7 Å². The molecule has 3 aromatic rings. The van der Waals surface area contributed by atoms with Gasteiger partial charge in [0.25, 0.3) is 0 Å². The zero-order chi connectivity index (χ0) is 33.0. The van der Waals surface area contributed by atoms with Gasteiger partial charge < -0.3 is 39.3 Å². The Morgan fingerprint density at radius 2 is 1.84 bits per heavy atom. The maximum atomic E-state index is 12.7. The molecule has 0 spiro atoms. The van der Waals surface area contributed by atoms with Crippen molar-refractivity contribution in [1.82, 2.24) is 25.1 Å². The zero-order valence-corrected chi connectivity index (χ0v) is 28.2. The van der Waals surface area contributed by atoms with Gasteiger partial charge in [0.2, 0.25) is 0 Å². The van der Waals surface area contributed by atoms with Crippen LogP contribution in [0.5, 0.6) is 11.8 Å². The summed E-state index contributed by atoms with van der Waals surface area (Å²) in [6.07, 6.45) is 7.14. The summed E-state index contributed by atoms with van der Waals surface area (Å²) in [6.45, 7) is 7.57. The number of hydrogen-bond donors (Lipinski definition) is 2. The molecule has 49 heavy (non-hydrogen) atoms. The number of carbonyl (C=O) groups is 1. The molecule has 1 aromatic heterocycles. The number of rotatable bonds is 7. The lowest BCUT2D eigenvalue weighted by Gasteiger charge is -2.38. The molecule has 12 nitrogen and oxygen atoms in total. The van der Waals surface area contributed by atoms with E-state index in [4.69, 9.17) is 24.2 Å². The molecule has 6 aliphatic heterocycles. The second-order valence-corrected chi connectivity index (χ2v) is 14.8. The Morgan fingerprint density at radius 3 is 2.69 bits per heavy atom. The van der Waals surface area contributed by atoms with Gasteiger partial charge in [0.05, 0.1) is 31.0 Å². The fraction of sp³-hybridized carbons (Fsp3) is 0.595. The summed E-state index contributed by atoms with van der Waals surface area (Å²) in [5, 5.41) is 16.5. The van der Waals surface area contributed by atoms with Crippen LogP contribution in [0.2, 0.25) is 0 Å². The van der Waals surface area contributed by atoms with Crippen molar-refractivity contribution >= 4 is 28.4 Å². The summed E-state index contributed by atoms with van der Waals surface area (Å²) >= 11 is 0. The zero-order valence-electron chi connectivity index (χ0n) is 28.2. The molecule has 4 unspecified atom stereocenters. The fourth-order valence-electron chi connectivity index (χ4n) is 9.42. The van der Waals surface area contributed by atoms with E-state index in [0.29, 0.717) is 64.2 Å². The van der Waals surface area contributed by atoms with Crippen LogP contribution in [0.4, 0.5) is 16.3 Å². The molecule has 0 saturated carbocycles. The number of benzene rings is 2. The third-order valence-electron chi connectivity index (χ3n) is 11.9. The predicted molar refractivity (Wildman–Crippen MR) is 185 cm³/mol. The molecule has 1 amide bonds. The van der Waals surface area contributed by atoms with E-state index < -0.39 is 0 Å². The molecule has 0 aliphatic carbocycles. The van der Waals surface area contributed by atoms with Crippen molar-refractivity contribution < 1.29 is 24.1 Å². The Morgan fingerprint density at radius 1 is 1.00 bits per heavy atom. The summed E-state index contributed by atoms with van der Waals surface area (Å²) in [5.41, 5.74) is 3.15. The Hall–Kier alpha value is -3.87. The van der Waals surface area contributed by atoms with Crippen LogP contribution in [0.25, 0.3) is 10.8 Å². The molecule has 5 fully saturated rings. The van der Waals surface area contributed by atoms with E-state index >= 15 is 0 Å². The van der Waals surface area contributed by atoms with Crippen LogP contribution in [-0.4, -0.2) is 120 Å². The second kappa shape index (κ2) is 12.8. The van der Waals surface area contributed by atoms with E-state index in [1.165, 1.54) is 18.4 Å². The molecule has 12 heteroatoms. The smallest absolute Gasteiger partial charge is 0.409 e. The average Bonchev–Trinajstić information content (AvgIpc) is 3.81. The number of hydrogen-bond acceptors (Lipinski definition) is 11. The number of aromatic nitrogens is 2. The second-order valence-electron chi connectivity index (χ2n) is 14.8. The molecule has 0 radical (unpaired) electrons. The van der Waals surface area contributed by atoms with Crippen LogP contribution in [0.3, 0.4) is 0 Å². The van der Waals surface area contributed by atoms with Gasteiger partial charge in [0.1, 0.15) is 24.8 Å². The fourth-order valence-corrected chi connectivity index (χ4v) is 9.42. The first kappa shape index (κ1) is 31.1. The number of anilines is 2. The van der Waals surface area contributed by atoms with Gasteiger partial charge in [-0.3, -0.25) is 4.90 Å². The summed E-state index contributed by atoms with van der Waals surface area (Å²) in [7, 11) is 0. The largest absolute Gasteiger partial charge is 0.508 e. The quantitative estimate of drug-likeness (QED) is 0.384. The molecular formula is C37H47N7O5. The SMILES string of the molecule is O=C(OCC1CCC2(COc3nc4c(c(N5CC6CCC(C5)N6)n3)CCN(c3cc(O)cc5ccccc35)C4)CCCN12)N1CCOCC1. The summed E-state index contributed by atoms with van der Waals surface area (Å²) in [5.74, 6) is 1.30. The van der Waals surface area contributed by atoms with Gasteiger partial charge in [0.15, 0.2) is 0 Å². The number of amides is 1. The van der Waals surface area contributed by atoms with Gasteiger partial charge in [-0.1, -0.05) is 24.3 Å². The van der Waals surface area contributed by atoms with Crippen molar-refractivity contribution in [1.29, 1.82) is 0 Å². The maximum Gasteiger partial charge on any atom is 0.409 e. The number of piperazine rings is 1. The summed E-state index contributed by atoms with van der Waals surface area (Å²) < 4.78 is 17.9. The van der Waals surface area contributed by atoms with Crippen molar-refractivity contribution in [3.8, 4) is 11.8 Å². The van der Waals surface area contributed by atoms with Crippen molar-refractivity contribution in [2.24, 2.45) is 0 Å². The van der Waals surface area contributed by atoms with E-state index in [2.05, 4.69) is 38.2 Å². The number of phenols is 1. The first-order valence-electron chi connectivity index (χ1n) is 18.3. The van der Waals surface area contributed by atoms with Crippen LogP contribution >= 0.6 is 0 Å². The van der Waals surface area contributed by atoms with Crippen LogP contribution < -0.4 is 19.9 Å². The van der Waals surface area contributed by atoms with Crippen LogP contribution in [0.1, 0.15) is 49.8 Å². The number of ether oxygens (including phenoxy) is 3.